The third-order valence-electron chi connectivity index (χ3n) is 5.84. The molecule has 2 aromatic rings. The van der Waals surface area contributed by atoms with Crippen LogP contribution in [0.5, 0.6) is 0 Å². The Kier molecular flexibility index (Phi) is 5.08. The average Bonchev–Trinajstić information content (AvgIpc) is 3.05. The molecule has 140 valence electrons. The molecule has 1 saturated heterocycles. The number of imidazole rings is 1. The van der Waals surface area contributed by atoms with Gasteiger partial charge in [-0.3, -0.25) is 0 Å². The lowest BCUT2D eigenvalue weighted by molar-refractivity contribution is -0.0668. The molecule has 3 rings (SSSR count). The fourth-order valence-electron chi connectivity index (χ4n) is 3.36. The third kappa shape index (κ3) is 3.48. The van der Waals surface area contributed by atoms with E-state index >= 15 is 0 Å². The number of benzene rings is 1. The van der Waals surface area contributed by atoms with Crippen LogP contribution in [0.4, 0.5) is 0 Å². The van der Waals surface area contributed by atoms with Crippen LogP contribution in [0.1, 0.15) is 46.0 Å². The molecule has 0 aliphatic carbocycles. The third-order valence-corrected chi connectivity index (χ3v) is 5.84. The molecule has 5 heteroatoms. The van der Waals surface area contributed by atoms with Crippen molar-refractivity contribution < 1.29 is 0 Å². The molecule has 2 heterocycles. The number of aliphatic imine (C=N–C) groups is 1. The molecule has 1 aliphatic heterocycles. The van der Waals surface area contributed by atoms with Gasteiger partial charge in [0, 0.05) is 43.0 Å². The van der Waals surface area contributed by atoms with Crippen molar-refractivity contribution in [3.63, 3.8) is 0 Å². The lowest BCUT2D eigenvalue weighted by Crippen LogP contribution is -2.72. The molecule has 1 aromatic heterocycles. The Morgan fingerprint density at radius 3 is 2.54 bits per heavy atom. The number of nitrogens with zero attached hydrogens (tertiary/aromatic N) is 4. The van der Waals surface area contributed by atoms with Crippen LogP contribution in [0.3, 0.4) is 0 Å². The van der Waals surface area contributed by atoms with Gasteiger partial charge in [-0.05, 0) is 26.3 Å². The van der Waals surface area contributed by atoms with Crippen LogP contribution in [-0.2, 0) is 13.1 Å². The van der Waals surface area contributed by atoms with Gasteiger partial charge in [0.1, 0.15) is 12.4 Å². The first-order valence-electron chi connectivity index (χ1n) is 9.45. The van der Waals surface area contributed by atoms with E-state index in [4.69, 9.17) is 4.99 Å². The van der Waals surface area contributed by atoms with E-state index in [2.05, 4.69) is 78.7 Å². The molecule has 26 heavy (non-hydrogen) atoms. The molecule has 0 atom stereocenters. The second-order valence-electron chi connectivity index (χ2n) is 8.16. The smallest absolute Gasteiger partial charge is 0.194 e. The van der Waals surface area contributed by atoms with Crippen molar-refractivity contribution in [2.45, 2.75) is 53.2 Å². The second kappa shape index (κ2) is 7.14. The highest BCUT2D eigenvalue weighted by Crippen LogP contribution is 2.46. The van der Waals surface area contributed by atoms with Crippen LogP contribution in [0.2, 0.25) is 0 Å². The Morgan fingerprint density at radius 2 is 1.92 bits per heavy atom. The number of hydrogen-bond acceptors (Lipinski definition) is 2. The quantitative estimate of drug-likeness (QED) is 0.661. The molecule has 0 radical (unpaired) electrons. The molecule has 0 bridgehead atoms. The first-order chi connectivity index (χ1) is 12.3. The van der Waals surface area contributed by atoms with Gasteiger partial charge in [0.2, 0.25) is 0 Å². The SMILES string of the molecule is CCNC(=NCc1nccn1Cc1ccccc1)N1CC(C)(C)C1(C)C. The lowest BCUT2D eigenvalue weighted by atomic mass is 9.65. The predicted octanol–water partition coefficient (Wildman–Crippen LogP) is 3.52. The number of hydrogen-bond donors (Lipinski definition) is 1. The van der Waals surface area contributed by atoms with Crippen LogP contribution in [0.15, 0.2) is 47.7 Å². The zero-order chi connectivity index (χ0) is 18.8. The van der Waals surface area contributed by atoms with Crippen molar-refractivity contribution in [3.8, 4) is 0 Å². The first-order valence-corrected chi connectivity index (χ1v) is 9.45. The monoisotopic (exact) mass is 353 g/mol. The van der Waals surface area contributed by atoms with Gasteiger partial charge in [-0.2, -0.15) is 0 Å². The molecule has 0 unspecified atom stereocenters. The number of guanidine groups is 1. The maximum absolute atomic E-state index is 4.89. The van der Waals surface area contributed by atoms with Crippen molar-refractivity contribution in [3.05, 3.63) is 54.1 Å². The molecule has 1 aromatic carbocycles. The van der Waals surface area contributed by atoms with Crippen LogP contribution in [-0.4, -0.2) is 39.0 Å². The van der Waals surface area contributed by atoms with E-state index < -0.39 is 0 Å². The van der Waals surface area contributed by atoms with Gasteiger partial charge in [0.15, 0.2) is 5.96 Å². The Hall–Kier alpha value is -2.30. The fourth-order valence-corrected chi connectivity index (χ4v) is 3.36. The Balaban J connectivity index is 1.74. The van der Waals surface area contributed by atoms with Gasteiger partial charge >= 0.3 is 0 Å². The average molecular weight is 354 g/mol. The largest absolute Gasteiger partial charge is 0.356 e. The number of nitrogens with one attached hydrogen (secondary N) is 1. The highest BCUT2D eigenvalue weighted by Gasteiger charge is 2.53. The van der Waals surface area contributed by atoms with Gasteiger partial charge in [0.25, 0.3) is 0 Å². The van der Waals surface area contributed by atoms with E-state index in [1.165, 1.54) is 5.56 Å². The van der Waals surface area contributed by atoms with Crippen LogP contribution in [0.25, 0.3) is 0 Å². The number of aromatic nitrogens is 2. The summed E-state index contributed by atoms with van der Waals surface area (Å²) in [6.45, 7) is 14.6. The summed E-state index contributed by atoms with van der Waals surface area (Å²) < 4.78 is 2.17. The Bertz CT molecular complexity index is 758. The minimum atomic E-state index is 0.0907. The van der Waals surface area contributed by atoms with Crippen molar-refractivity contribution in [1.82, 2.24) is 19.8 Å². The second-order valence-corrected chi connectivity index (χ2v) is 8.16. The first kappa shape index (κ1) is 18.5. The van der Waals surface area contributed by atoms with Gasteiger partial charge in [0.05, 0.1) is 0 Å². The molecule has 0 amide bonds. The maximum Gasteiger partial charge on any atom is 0.194 e. The molecular weight excluding hydrogens is 322 g/mol. The van der Waals surface area contributed by atoms with Gasteiger partial charge in [-0.15, -0.1) is 0 Å². The lowest BCUT2D eigenvalue weighted by Gasteiger charge is -2.62. The van der Waals surface area contributed by atoms with Crippen molar-refractivity contribution >= 4 is 5.96 Å². The van der Waals surface area contributed by atoms with Crippen LogP contribution < -0.4 is 5.32 Å². The van der Waals surface area contributed by atoms with Crippen molar-refractivity contribution in [1.29, 1.82) is 0 Å². The standard InChI is InChI=1S/C21H31N5/c1-6-22-19(26-16-20(2,3)21(26,4)5)24-14-18-23-12-13-25(18)15-17-10-8-7-9-11-17/h7-13H,6,14-16H2,1-5H3,(H,22,24). The maximum atomic E-state index is 4.89. The minimum absolute atomic E-state index is 0.0907. The molecular formula is C21H31N5. The van der Waals surface area contributed by atoms with E-state index in [0.717, 1.165) is 31.4 Å². The summed E-state index contributed by atoms with van der Waals surface area (Å²) in [6.07, 6.45) is 3.89. The number of rotatable bonds is 5. The van der Waals surface area contributed by atoms with E-state index in [1.807, 2.05) is 18.5 Å². The topological polar surface area (TPSA) is 45.5 Å². The molecule has 1 aliphatic rings. The minimum Gasteiger partial charge on any atom is -0.356 e. The van der Waals surface area contributed by atoms with Crippen molar-refractivity contribution in [2.24, 2.45) is 10.4 Å². The predicted molar refractivity (Wildman–Crippen MR) is 107 cm³/mol. The number of likely N-dealkylation sites (tertiary alicyclic amines) is 1. The summed E-state index contributed by atoms with van der Waals surface area (Å²) in [7, 11) is 0. The molecule has 0 spiro atoms. The molecule has 1 N–H and O–H groups in total. The highest BCUT2D eigenvalue weighted by molar-refractivity contribution is 5.82. The van der Waals surface area contributed by atoms with Gasteiger partial charge in [-0.1, -0.05) is 44.2 Å². The summed E-state index contributed by atoms with van der Waals surface area (Å²) in [5, 5.41) is 3.45. The van der Waals surface area contributed by atoms with E-state index in [9.17, 15) is 0 Å². The normalized spacial score (nSPS) is 18.5. The summed E-state index contributed by atoms with van der Waals surface area (Å²) >= 11 is 0. The summed E-state index contributed by atoms with van der Waals surface area (Å²) in [5.41, 5.74) is 1.65. The van der Waals surface area contributed by atoms with E-state index in [-0.39, 0.29) is 11.0 Å². The molecule has 1 fully saturated rings. The zero-order valence-corrected chi connectivity index (χ0v) is 16.7. The summed E-state index contributed by atoms with van der Waals surface area (Å²) in [5.74, 6) is 1.97. The van der Waals surface area contributed by atoms with E-state index in [0.29, 0.717) is 6.54 Å². The molecule has 5 nitrogen and oxygen atoms in total. The summed E-state index contributed by atoms with van der Waals surface area (Å²) in [6, 6.07) is 10.5. The highest BCUT2D eigenvalue weighted by atomic mass is 15.4. The molecule has 0 saturated carbocycles. The van der Waals surface area contributed by atoms with Crippen LogP contribution in [0, 0.1) is 5.41 Å². The van der Waals surface area contributed by atoms with Gasteiger partial charge in [-0.25, -0.2) is 9.98 Å². The van der Waals surface area contributed by atoms with Crippen molar-refractivity contribution in [2.75, 3.05) is 13.1 Å². The zero-order valence-electron chi connectivity index (χ0n) is 16.7. The summed E-state index contributed by atoms with van der Waals surface area (Å²) in [4.78, 5) is 11.8. The van der Waals surface area contributed by atoms with Gasteiger partial charge < -0.3 is 14.8 Å². The Morgan fingerprint density at radius 1 is 1.19 bits per heavy atom. The van der Waals surface area contributed by atoms with E-state index in [1.54, 1.807) is 0 Å². The van der Waals surface area contributed by atoms with Crippen LogP contribution >= 0.6 is 0 Å². The Labute approximate surface area is 157 Å². The fraction of sp³-hybridized carbons (Fsp3) is 0.524.